The number of benzene rings is 1. The van der Waals surface area contributed by atoms with E-state index in [0.717, 1.165) is 41.0 Å². The van der Waals surface area contributed by atoms with Gasteiger partial charge < -0.3 is 5.32 Å². The first-order valence-corrected chi connectivity index (χ1v) is 8.72. The van der Waals surface area contributed by atoms with Crippen molar-refractivity contribution in [3.8, 4) is 11.5 Å². The fourth-order valence-corrected chi connectivity index (χ4v) is 3.22. The summed E-state index contributed by atoms with van der Waals surface area (Å²) < 4.78 is 0. The molecule has 0 spiro atoms. The minimum atomic E-state index is -0.139. The van der Waals surface area contributed by atoms with Crippen molar-refractivity contribution in [2.24, 2.45) is 0 Å². The van der Waals surface area contributed by atoms with E-state index in [4.69, 9.17) is 9.97 Å². The number of anilines is 1. The van der Waals surface area contributed by atoms with E-state index in [1.807, 2.05) is 60.8 Å². The SMILES string of the molecule is c1ccc(-c2nc(NC3(c4ccccn4)CC3)c3ccccc3n2)nc1. The molecule has 126 valence electrons. The molecule has 0 radical (unpaired) electrons. The standard InChI is InChI=1S/C21H17N5/c1-2-8-16-15(7-1)19(25-20(24-16)17-9-3-5-13-22-17)26-21(11-12-21)18-10-4-6-14-23-18/h1-10,13-14H,11-12H2,(H,24,25,26). The summed E-state index contributed by atoms with van der Waals surface area (Å²) in [5.41, 5.74) is 2.59. The maximum absolute atomic E-state index is 4.81. The normalized spacial score (nSPS) is 14.9. The second-order valence-electron chi connectivity index (χ2n) is 6.55. The van der Waals surface area contributed by atoms with Crippen LogP contribution in [0, 0.1) is 0 Å². The number of hydrogen-bond acceptors (Lipinski definition) is 5. The third kappa shape index (κ3) is 2.58. The van der Waals surface area contributed by atoms with Crippen LogP contribution in [0.1, 0.15) is 18.5 Å². The van der Waals surface area contributed by atoms with Crippen LogP contribution in [-0.2, 0) is 5.54 Å². The number of rotatable bonds is 4. The zero-order valence-electron chi connectivity index (χ0n) is 14.1. The van der Waals surface area contributed by atoms with Gasteiger partial charge >= 0.3 is 0 Å². The monoisotopic (exact) mass is 339 g/mol. The van der Waals surface area contributed by atoms with Crippen molar-refractivity contribution in [3.63, 3.8) is 0 Å². The summed E-state index contributed by atoms with van der Waals surface area (Å²) in [7, 11) is 0. The number of hydrogen-bond donors (Lipinski definition) is 1. The largest absolute Gasteiger partial charge is 0.358 e. The first-order valence-electron chi connectivity index (χ1n) is 8.72. The van der Waals surface area contributed by atoms with Gasteiger partial charge in [0.05, 0.1) is 16.7 Å². The van der Waals surface area contributed by atoms with E-state index < -0.39 is 0 Å². The van der Waals surface area contributed by atoms with Crippen molar-refractivity contribution < 1.29 is 0 Å². The topological polar surface area (TPSA) is 63.6 Å². The lowest BCUT2D eigenvalue weighted by Crippen LogP contribution is -2.21. The first kappa shape index (κ1) is 15.0. The molecule has 1 aliphatic rings. The maximum atomic E-state index is 4.81. The highest BCUT2D eigenvalue weighted by atomic mass is 15.1. The molecule has 1 aliphatic carbocycles. The lowest BCUT2D eigenvalue weighted by molar-refractivity contribution is 0.764. The summed E-state index contributed by atoms with van der Waals surface area (Å²) in [6, 6.07) is 19.9. The minimum absolute atomic E-state index is 0.139. The van der Waals surface area contributed by atoms with Crippen LogP contribution in [0.5, 0.6) is 0 Å². The van der Waals surface area contributed by atoms with Gasteiger partial charge in [-0.3, -0.25) is 9.97 Å². The van der Waals surface area contributed by atoms with Crippen molar-refractivity contribution in [2.75, 3.05) is 5.32 Å². The molecule has 0 saturated heterocycles. The van der Waals surface area contributed by atoms with Crippen molar-refractivity contribution in [3.05, 3.63) is 78.8 Å². The smallest absolute Gasteiger partial charge is 0.180 e. The average molecular weight is 339 g/mol. The zero-order valence-corrected chi connectivity index (χ0v) is 14.1. The van der Waals surface area contributed by atoms with E-state index in [-0.39, 0.29) is 5.54 Å². The number of aromatic nitrogens is 4. The van der Waals surface area contributed by atoms with Crippen molar-refractivity contribution in [1.82, 2.24) is 19.9 Å². The molecule has 3 heterocycles. The summed E-state index contributed by atoms with van der Waals surface area (Å²) in [4.78, 5) is 18.5. The molecule has 0 amide bonds. The van der Waals surface area contributed by atoms with Gasteiger partial charge in [0.15, 0.2) is 5.82 Å². The lowest BCUT2D eigenvalue weighted by Gasteiger charge is -2.19. The van der Waals surface area contributed by atoms with E-state index >= 15 is 0 Å². The van der Waals surface area contributed by atoms with Crippen LogP contribution in [0.25, 0.3) is 22.4 Å². The molecule has 1 fully saturated rings. The summed E-state index contributed by atoms with van der Waals surface area (Å²) in [6.45, 7) is 0. The highest BCUT2D eigenvalue weighted by Gasteiger charge is 2.46. The Bertz CT molecular complexity index is 1060. The van der Waals surface area contributed by atoms with Gasteiger partial charge in [0.25, 0.3) is 0 Å². The summed E-state index contributed by atoms with van der Waals surface area (Å²) in [5, 5.41) is 4.67. The number of pyridine rings is 2. The number of nitrogens with zero attached hydrogens (tertiary/aromatic N) is 4. The Kier molecular flexibility index (Phi) is 3.38. The maximum Gasteiger partial charge on any atom is 0.180 e. The van der Waals surface area contributed by atoms with Gasteiger partial charge in [0.2, 0.25) is 0 Å². The summed E-state index contributed by atoms with van der Waals surface area (Å²) in [6.07, 6.45) is 5.69. The molecule has 26 heavy (non-hydrogen) atoms. The molecular formula is C21H17N5. The summed E-state index contributed by atoms with van der Waals surface area (Å²) >= 11 is 0. The van der Waals surface area contributed by atoms with Gasteiger partial charge in [0.1, 0.15) is 11.5 Å². The molecule has 5 nitrogen and oxygen atoms in total. The fourth-order valence-electron chi connectivity index (χ4n) is 3.22. The molecule has 5 rings (SSSR count). The second kappa shape index (κ2) is 5.88. The molecule has 1 saturated carbocycles. The van der Waals surface area contributed by atoms with E-state index in [1.54, 1.807) is 6.20 Å². The highest BCUT2D eigenvalue weighted by Crippen LogP contribution is 2.47. The summed E-state index contributed by atoms with van der Waals surface area (Å²) in [5.74, 6) is 1.46. The van der Waals surface area contributed by atoms with Crippen molar-refractivity contribution in [1.29, 1.82) is 0 Å². The van der Waals surface area contributed by atoms with Gasteiger partial charge in [-0.1, -0.05) is 24.3 Å². The quantitative estimate of drug-likeness (QED) is 0.604. The second-order valence-corrected chi connectivity index (χ2v) is 6.55. The van der Waals surface area contributed by atoms with E-state index in [0.29, 0.717) is 5.82 Å². The third-order valence-corrected chi connectivity index (χ3v) is 4.76. The zero-order chi connectivity index (χ0) is 17.4. The molecule has 3 aromatic heterocycles. The first-order chi connectivity index (χ1) is 12.8. The Hall–Kier alpha value is -3.34. The van der Waals surface area contributed by atoms with E-state index in [1.165, 1.54) is 0 Å². The lowest BCUT2D eigenvalue weighted by atomic mass is 10.1. The average Bonchev–Trinajstić information content (AvgIpc) is 3.50. The number of nitrogens with one attached hydrogen (secondary N) is 1. The molecule has 5 heteroatoms. The molecule has 0 unspecified atom stereocenters. The van der Waals surface area contributed by atoms with E-state index in [2.05, 4.69) is 21.4 Å². The molecule has 4 aromatic rings. The predicted octanol–water partition coefficient (Wildman–Crippen LogP) is 4.19. The van der Waals surface area contributed by atoms with Crippen LogP contribution in [0.2, 0.25) is 0 Å². The number of fused-ring (bicyclic) bond motifs is 1. The van der Waals surface area contributed by atoms with Crippen LogP contribution < -0.4 is 5.32 Å². The molecular weight excluding hydrogens is 322 g/mol. The van der Waals surface area contributed by atoms with Crippen LogP contribution >= 0.6 is 0 Å². The number of para-hydroxylation sites is 1. The Labute approximate surface area is 151 Å². The Morgan fingerprint density at radius 2 is 1.54 bits per heavy atom. The van der Waals surface area contributed by atoms with E-state index in [9.17, 15) is 0 Å². The Morgan fingerprint density at radius 1 is 0.769 bits per heavy atom. The van der Waals surface area contributed by atoms with Crippen LogP contribution in [0.3, 0.4) is 0 Å². The fraction of sp³-hybridized carbons (Fsp3) is 0.143. The van der Waals surface area contributed by atoms with Gasteiger partial charge in [0, 0.05) is 17.8 Å². The van der Waals surface area contributed by atoms with Crippen LogP contribution in [-0.4, -0.2) is 19.9 Å². The van der Waals surface area contributed by atoms with Crippen molar-refractivity contribution in [2.45, 2.75) is 18.4 Å². The van der Waals surface area contributed by atoms with Gasteiger partial charge in [-0.05, 0) is 49.2 Å². The Morgan fingerprint density at radius 3 is 2.27 bits per heavy atom. The molecule has 1 N–H and O–H groups in total. The molecule has 0 atom stereocenters. The molecule has 0 aliphatic heterocycles. The Balaban J connectivity index is 1.63. The third-order valence-electron chi connectivity index (χ3n) is 4.76. The molecule has 0 bridgehead atoms. The highest BCUT2D eigenvalue weighted by molar-refractivity contribution is 5.90. The van der Waals surface area contributed by atoms with Gasteiger partial charge in [-0.2, -0.15) is 0 Å². The molecule has 1 aromatic carbocycles. The van der Waals surface area contributed by atoms with Crippen LogP contribution in [0.4, 0.5) is 5.82 Å². The van der Waals surface area contributed by atoms with Gasteiger partial charge in [-0.25, -0.2) is 9.97 Å². The van der Waals surface area contributed by atoms with Gasteiger partial charge in [-0.15, -0.1) is 0 Å². The predicted molar refractivity (Wildman–Crippen MR) is 102 cm³/mol. The van der Waals surface area contributed by atoms with Crippen molar-refractivity contribution >= 4 is 16.7 Å². The van der Waals surface area contributed by atoms with Crippen LogP contribution in [0.15, 0.2) is 73.1 Å². The minimum Gasteiger partial charge on any atom is -0.358 e.